The molecule has 0 spiro atoms. The van der Waals surface area contributed by atoms with E-state index in [0.717, 1.165) is 19.5 Å². The third kappa shape index (κ3) is 13.6. The van der Waals surface area contributed by atoms with E-state index in [9.17, 15) is 30.3 Å². The molecule has 3 nitrogen and oxygen atoms in total. The van der Waals surface area contributed by atoms with Gasteiger partial charge in [0.25, 0.3) is 0 Å². The summed E-state index contributed by atoms with van der Waals surface area (Å²) < 4.78 is 61.5. The molecule has 0 aromatic rings. The van der Waals surface area contributed by atoms with Crippen LogP contribution in [0.1, 0.15) is 41.0 Å². The van der Waals surface area contributed by atoms with Crippen molar-refractivity contribution in [1.29, 1.82) is 0 Å². The monoisotopic (exact) mass is 372 g/mol. The van der Waals surface area contributed by atoms with E-state index in [1.54, 1.807) is 0 Å². The molecule has 0 fully saturated rings. The number of rotatable bonds is 4. The van der Waals surface area contributed by atoms with Gasteiger partial charge in [-0.1, -0.05) is 13.8 Å². The Morgan fingerprint density at radius 3 is 1.83 bits per heavy atom. The second-order valence-electron chi connectivity index (χ2n) is 7.14. The predicted octanol–water partition coefficient (Wildman–Crippen LogP) is 4.93. The van der Waals surface area contributed by atoms with Gasteiger partial charge in [-0.15, -0.1) is 0 Å². The summed E-state index contributed by atoms with van der Waals surface area (Å²) in [5, 5.41) is 9.44. The van der Waals surface area contributed by atoms with Crippen molar-refractivity contribution in [3.8, 4) is 0 Å². The first-order valence-electron chi connectivity index (χ1n) is 7.34. The second-order valence-corrected chi connectivity index (χ2v) is 9.06. The van der Waals surface area contributed by atoms with Gasteiger partial charge in [-0.05, 0) is 33.1 Å². The molecule has 0 saturated heterocycles. The van der Waals surface area contributed by atoms with Gasteiger partial charge in [0, 0.05) is 0 Å². The van der Waals surface area contributed by atoms with Gasteiger partial charge in [-0.25, -0.2) is 0 Å². The normalized spacial score (nSPS) is 20.4. The molecule has 1 aliphatic rings. The van der Waals surface area contributed by atoms with Crippen molar-refractivity contribution < 1.29 is 34.9 Å². The van der Waals surface area contributed by atoms with Crippen molar-refractivity contribution in [2.45, 2.75) is 52.6 Å². The maximum atomic E-state index is 9.87. The predicted molar refractivity (Wildman–Crippen MR) is 81.5 cm³/mol. The van der Waals surface area contributed by atoms with E-state index in [4.69, 9.17) is 0 Å². The molecule has 0 radical (unpaired) electrons. The molecule has 1 atom stereocenters. The Hall–Kier alpha value is -0.560. The molecular weight excluding hydrogens is 345 g/mol. The molecule has 0 bridgehead atoms. The summed E-state index contributed by atoms with van der Waals surface area (Å²) in [6.07, 6.45) is 3.26. The van der Waals surface area contributed by atoms with Crippen LogP contribution in [0.5, 0.6) is 0 Å². The van der Waals surface area contributed by atoms with E-state index < -0.39 is 7.81 Å². The summed E-state index contributed by atoms with van der Waals surface area (Å²) in [5.74, 6) is 0.634. The molecule has 23 heavy (non-hydrogen) atoms. The van der Waals surface area contributed by atoms with Crippen LogP contribution in [-0.4, -0.2) is 52.2 Å². The molecule has 0 aromatic carbocycles. The van der Waals surface area contributed by atoms with E-state index in [0.29, 0.717) is 5.92 Å². The molecule has 0 aromatic heterocycles. The Labute approximate surface area is 133 Å². The van der Waals surface area contributed by atoms with Gasteiger partial charge in [-0.3, -0.25) is 9.48 Å². The first-order chi connectivity index (χ1) is 9.79. The topological polar surface area (TPSA) is 26.5 Å². The molecule has 0 unspecified atom stereocenters. The number of halogens is 6. The van der Waals surface area contributed by atoms with Crippen LogP contribution in [-0.2, 0) is 0 Å². The molecule has 0 amide bonds. The summed E-state index contributed by atoms with van der Waals surface area (Å²) in [4.78, 5) is 2.36. The molecule has 1 rings (SSSR count). The van der Waals surface area contributed by atoms with Crippen LogP contribution in [0.15, 0.2) is 0 Å². The van der Waals surface area contributed by atoms with E-state index in [1.165, 1.54) is 0 Å². The second kappa shape index (κ2) is 6.39. The van der Waals surface area contributed by atoms with E-state index in [2.05, 4.69) is 50.4 Å². The number of aliphatic hydroxyl groups is 1. The zero-order valence-electron chi connectivity index (χ0n) is 14.1. The SMILES string of the molecule is CC(C)C[C@@H](CO)[N+]1=CN(C(C)(C)C)CC1.F[P-](F)(F)(F)(F)F. The van der Waals surface area contributed by atoms with Crippen LogP contribution in [0.25, 0.3) is 0 Å². The zero-order valence-corrected chi connectivity index (χ0v) is 15.0. The first kappa shape index (κ1) is 22.4. The van der Waals surface area contributed by atoms with Crippen molar-refractivity contribution in [3.63, 3.8) is 0 Å². The third-order valence-corrected chi connectivity index (χ3v) is 3.17. The van der Waals surface area contributed by atoms with E-state index >= 15 is 0 Å². The van der Waals surface area contributed by atoms with Gasteiger partial charge < -0.3 is 5.11 Å². The number of hydrogen-bond acceptors (Lipinski definition) is 2. The summed E-state index contributed by atoms with van der Waals surface area (Å²) >= 11 is 0. The molecular formula is C13H27F6N2OP. The number of aliphatic hydroxyl groups excluding tert-OH is 1. The van der Waals surface area contributed by atoms with Gasteiger partial charge >= 0.3 is 33.0 Å². The van der Waals surface area contributed by atoms with Crippen molar-refractivity contribution in [2.75, 3.05) is 19.7 Å². The van der Waals surface area contributed by atoms with Crippen LogP contribution in [0.2, 0.25) is 0 Å². The standard InChI is InChI=1S/C13H27N2O.F6P/c1-11(2)8-12(9-16)14-6-7-15(10-14)13(3,4)5;1-7(2,3,4,5)6/h10-12,16H,6-9H2,1-5H3;/q+1;-1/t12-;/m0./s1. The molecule has 1 aliphatic heterocycles. The third-order valence-electron chi connectivity index (χ3n) is 3.17. The molecule has 0 aliphatic carbocycles. The van der Waals surface area contributed by atoms with Crippen LogP contribution in [0, 0.1) is 5.92 Å². The van der Waals surface area contributed by atoms with Gasteiger partial charge in [0.15, 0.2) is 0 Å². The Morgan fingerprint density at radius 1 is 1.13 bits per heavy atom. The van der Waals surface area contributed by atoms with Crippen molar-refractivity contribution in [1.82, 2.24) is 4.90 Å². The molecule has 142 valence electrons. The van der Waals surface area contributed by atoms with Gasteiger partial charge in [0.1, 0.15) is 19.1 Å². The fourth-order valence-electron chi connectivity index (χ4n) is 2.16. The van der Waals surface area contributed by atoms with Crippen LogP contribution >= 0.6 is 7.81 Å². The number of hydrogen-bond donors (Lipinski definition) is 1. The van der Waals surface area contributed by atoms with Gasteiger partial charge in [-0.2, -0.15) is 0 Å². The molecule has 0 saturated carbocycles. The van der Waals surface area contributed by atoms with Crippen molar-refractivity contribution >= 4 is 14.1 Å². The average molecular weight is 372 g/mol. The summed E-state index contributed by atoms with van der Waals surface area (Å²) in [6, 6.07) is 0.285. The average Bonchev–Trinajstić information content (AvgIpc) is 2.69. The molecule has 10 heteroatoms. The van der Waals surface area contributed by atoms with Crippen molar-refractivity contribution in [3.05, 3.63) is 0 Å². The van der Waals surface area contributed by atoms with Gasteiger partial charge in [0.05, 0.1) is 12.1 Å². The summed E-state index contributed by atoms with van der Waals surface area (Å²) in [6.45, 7) is 13.5. The minimum atomic E-state index is -10.7. The van der Waals surface area contributed by atoms with E-state index in [-0.39, 0.29) is 18.2 Å². The van der Waals surface area contributed by atoms with Crippen LogP contribution in [0.3, 0.4) is 0 Å². The summed E-state index contributed by atoms with van der Waals surface area (Å²) in [5.41, 5.74) is 0.187. The maximum absolute atomic E-state index is 10.7. The van der Waals surface area contributed by atoms with Crippen LogP contribution < -0.4 is 0 Å². The fourth-order valence-corrected chi connectivity index (χ4v) is 2.16. The fraction of sp³-hybridized carbons (Fsp3) is 0.923. The Balaban J connectivity index is 0.000000585. The Kier molecular flexibility index (Phi) is 6.23. The first-order valence-corrected chi connectivity index (χ1v) is 9.37. The molecule has 1 heterocycles. The van der Waals surface area contributed by atoms with Gasteiger partial charge in [0.2, 0.25) is 6.34 Å². The van der Waals surface area contributed by atoms with E-state index in [1.807, 2.05) is 0 Å². The minimum absolute atomic E-state index is 0.187. The summed E-state index contributed by atoms with van der Waals surface area (Å²) in [7, 11) is -10.7. The zero-order chi connectivity index (χ0) is 18.8. The quantitative estimate of drug-likeness (QED) is 0.430. The number of nitrogens with zero attached hydrogens (tertiary/aromatic N) is 2. The molecule has 1 N–H and O–H groups in total. The Bertz CT molecular complexity index is 415. The Morgan fingerprint density at radius 2 is 1.57 bits per heavy atom. The van der Waals surface area contributed by atoms with Crippen LogP contribution in [0.4, 0.5) is 25.2 Å². The van der Waals surface area contributed by atoms with Crippen molar-refractivity contribution in [2.24, 2.45) is 5.92 Å².